The first-order valence-electron chi connectivity index (χ1n) is 7.25. The van der Waals surface area contributed by atoms with Crippen molar-refractivity contribution in [2.45, 2.75) is 0 Å². The van der Waals surface area contributed by atoms with Crippen LogP contribution in [-0.2, 0) is 4.57 Å². The van der Waals surface area contributed by atoms with Gasteiger partial charge in [-0.1, -0.05) is 90.1 Å². The molecule has 3 aromatic rings. The minimum Gasteiger partial charge on any atom is -0.411 e. The molecular formula is C19H16NO2P. The topological polar surface area (TPSA) is 49.7 Å². The quantitative estimate of drug-likeness (QED) is 0.347. The molecule has 0 saturated carbocycles. The Bertz CT molecular complexity index is 817. The van der Waals surface area contributed by atoms with E-state index in [-0.39, 0.29) is 0 Å². The number of nitrogens with zero attached hydrogens (tertiary/aromatic N) is 1. The van der Waals surface area contributed by atoms with Crippen molar-refractivity contribution in [1.82, 2.24) is 0 Å². The van der Waals surface area contributed by atoms with E-state index in [1.807, 2.05) is 78.9 Å². The van der Waals surface area contributed by atoms with Crippen LogP contribution in [0.1, 0.15) is 5.56 Å². The van der Waals surface area contributed by atoms with Gasteiger partial charge in [-0.15, -0.1) is 0 Å². The second-order valence-corrected chi connectivity index (χ2v) is 7.82. The van der Waals surface area contributed by atoms with Crippen LogP contribution in [-0.4, -0.2) is 11.4 Å². The molecule has 0 aromatic heterocycles. The molecule has 0 atom stereocenters. The van der Waals surface area contributed by atoms with Gasteiger partial charge in [0.2, 0.25) is 0 Å². The first kappa shape index (κ1) is 15.3. The van der Waals surface area contributed by atoms with Gasteiger partial charge in [-0.2, -0.15) is 0 Å². The van der Waals surface area contributed by atoms with Crippen molar-refractivity contribution in [1.29, 1.82) is 0 Å². The number of hydrogen-bond donors (Lipinski definition) is 1. The molecular weight excluding hydrogens is 305 g/mol. The SMILES string of the molecule is O=P(c1ccccc1)(c1ccccc1)c1ccccc1/C=N/O. The molecule has 0 heterocycles. The molecule has 3 rings (SSSR count). The van der Waals surface area contributed by atoms with Gasteiger partial charge in [-0.25, -0.2) is 0 Å². The van der Waals surface area contributed by atoms with E-state index in [0.29, 0.717) is 10.9 Å². The molecule has 4 heteroatoms. The van der Waals surface area contributed by atoms with Crippen LogP contribution in [0.3, 0.4) is 0 Å². The van der Waals surface area contributed by atoms with Gasteiger partial charge in [-0.05, 0) is 0 Å². The average Bonchev–Trinajstić information content (AvgIpc) is 2.63. The van der Waals surface area contributed by atoms with Crippen LogP contribution in [0.4, 0.5) is 0 Å². The van der Waals surface area contributed by atoms with Crippen LogP contribution >= 0.6 is 7.14 Å². The highest BCUT2D eigenvalue weighted by Gasteiger charge is 2.31. The van der Waals surface area contributed by atoms with Gasteiger partial charge < -0.3 is 9.77 Å². The van der Waals surface area contributed by atoms with Gasteiger partial charge in [0.05, 0.1) is 6.21 Å². The molecule has 23 heavy (non-hydrogen) atoms. The Morgan fingerprint density at radius 2 is 1.22 bits per heavy atom. The highest BCUT2D eigenvalue weighted by molar-refractivity contribution is 7.85. The van der Waals surface area contributed by atoms with Crippen LogP contribution < -0.4 is 15.9 Å². The number of oxime groups is 1. The van der Waals surface area contributed by atoms with E-state index in [4.69, 9.17) is 5.21 Å². The Balaban J connectivity index is 2.33. The van der Waals surface area contributed by atoms with E-state index < -0.39 is 7.14 Å². The van der Waals surface area contributed by atoms with E-state index in [1.165, 1.54) is 6.21 Å². The molecule has 1 N–H and O–H groups in total. The fourth-order valence-corrected chi connectivity index (χ4v) is 5.48. The third-order valence-corrected chi connectivity index (χ3v) is 6.85. The molecule has 0 saturated heterocycles. The molecule has 0 unspecified atom stereocenters. The maximum Gasteiger partial charge on any atom is 0.171 e. The van der Waals surface area contributed by atoms with Gasteiger partial charge in [0, 0.05) is 21.5 Å². The van der Waals surface area contributed by atoms with Crippen molar-refractivity contribution in [2.24, 2.45) is 5.16 Å². The highest BCUT2D eigenvalue weighted by atomic mass is 31.2. The van der Waals surface area contributed by atoms with Crippen LogP contribution in [0, 0.1) is 0 Å². The van der Waals surface area contributed by atoms with Gasteiger partial charge in [-0.3, -0.25) is 0 Å². The van der Waals surface area contributed by atoms with Crippen molar-refractivity contribution >= 4 is 29.3 Å². The zero-order valence-electron chi connectivity index (χ0n) is 12.4. The Morgan fingerprint density at radius 1 is 0.739 bits per heavy atom. The second-order valence-electron chi connectivity index (χ2n) is 5.08. The first-order chi connectivity index (χ1) is 11.3. The molecule has 0 aliphatic rings. The van der Waals surface area contributed by atoms with E-state index in [1.54, 1.807) is 6.07 Å². The molecule has 0 bridgehead atoms. The third kappa shape index (κ3) is 2.84. The van der Waals surface area contributed by atoms with Gasteiger partial charge >= 0.3 is 0 Å². The van der Waals surface area contributed by atoms with Crippen LogP contribution in [0.5, 0.6) is 0 Å². The van der Waals surface area contributed by atoms with Gasteiger partial charge in [0.25, 0.3) is 0 Å². The molecule has 3 nitrogen and oxygen atoms in total. The summed E-state index contributed by atoms with van der Waals surface area (Å²) in [6.45, 7) is 0. The second kappa shape index (κ2) is 6.64. The molecule has 3 aromatic carbocycles. The summed E-state index contributed by atoms with van der Waals surface area (Å²) in [5, 5.41) is 14.2. The van der Waals surface area contributed by atoms with Crippen molar-refractivity contribution < 1.29 is 9.77 Å². The van der Waals surface area contributed by atoms with E-state index in [0.717, 1.165) is 10.6 Å². The summed E-state index contributed by atoms with van der Waals surface area (Å²) in [4.78, 5) is 0. The molecule has 114 valence electrons. The zero-order valence-corrected chi connectivity index (χ0v) is 13.3. The van der Waals surface area contributed by atoms with Gasteiger partial charge in [0.1, 0.15) is 0 Å². The maximum atomic E-state index is 14.2. The molecule has 0 radical (unpaired) electrons. The largest absolute Gasteiger partial charge is 0.411 e. The summed E-state index contributed by atoms with van der Waals surface area (Å²) < 4.78 is 14.2. The Kier molecular flexibility index (Phi) is 4.40. The van der Waals surface area contributed by atoms with Crippen LogP contribution in [0.25, 0.3) is 0 Å². The fraction of sp³-hybridized carbons (Fsp3) is 0. The summed E-state index contributed by atoms with van der Waals surface area (Å²) in [7, 11) is -3.05. The van der Waals surface area contributed by atoms with E-state index in [2.05, 4.69) is 5.16 Å². The van der Waals surface area contributed by atoms with Crippen molar-refractivity contribution in [3.8, 4) is 0 Å². The lowest BCUT2D eigenvalue weighted by Gasteiger charge is -2.21. The monoisotopic (exact) mass is 321 g/mol. The predicted octanol–water partition coefficient (Wildman–Crippen LogP) is 3.13. The lowest BCUT2D eigenvalue weighted by molar-refractivity contribution is 0.322. The molecule has 0 spiro atoms. The Labute approximate surface area is 135 Å². The summed E-state index contributed by atoms with van der Waals surface area (Å²) in [6, 6.07) is 26.2. The van der Waals surface area contributed by atoms with Crippen molar-refractivity contribution in [3.05, 3.63) is 90.5 Å². The zero-order chi connectivity index (χ0) is 16.1. The average molecular weight is 321 g/mol. The number of rotatable bonds is 4. The van der Waals surface area contributed by atoms with E-state index >= 15 is 0 Å². The fourth-order valence-electron chi connectivity index (χ4n) is 2.65. The summed E-state index contributed by atoms with van der Waals surface area (Å²) in [5.74, 6) is 0. The normalized spacial score (nSPS) is 11.7. The minimum atomic E-state index is -3.05. The minimum absolute atomic E-state index is 0.644. The predicted molar refractivity (Wildman–Crippen MR) is 95.2 cm³/mol. The standard InChI is InChI=1S/C19H16NO2P/c21-20-15-16-9-7-8-14-19(16)23(22,17-10-3-1-4-11-17)18-12-5-2-6-13-18/h1-15,21H/b20-15+. The number of hydrogen-bond acceptors (Lipinski definition) is 3. The van der Waals surface area contributed by atoms with Gasteiger partial charge in [0.15, 0.2) is 7.14 Å². The Hall–Kier alpha value is -2.64. The third-order valence-electron chi connectivity index (χ3n) is 3.71. The van der Waals surface area contributed by atoms with Crippen LogP contribution in [0.2, 0.25) is 0 Å². The lowest BCUT2D eigenvalue weighted by atomic mass is 10.2. The first-order valence-corrected chi connectivity index (χ1v) is 8.96. The summed E-state index contributed by atoms with van der Waals surface area (Å²) in [6.07, 6.45) is 1.33. The molecule has 0 aliphatic heterocycles. The Morgan fingerprint density at radius 3 is 1.74 bits per heavy atom. The highest BCUT2D eigenvalue weighted by Crippen LogP contribution is 2.42. The molecule has 0 aliphatic carbocycles. The van der Waals surface area contributed by atoms with Crippen molar-refractivity contribution in [3.63, 3.8) is 0 Å². The summed E-state index contributed by atoms with van der Waals surface area (Å²) >= 11 is 0. The molecule has 0 amide bonds. The maximum absolute atomic E-state index is 14.2. The summed E-state index contributed by atoms with van der Waals surface area (Å²) in [5.41, 5.74) is 0.644. The smallest absolute Gasteiger partial charge is 0.171 e. The molecule has 0 fully saturated rings. The number of benzene rings is 3. The van der Waals surface area contributed by atoms with Crippen LogP contribution in [0.15, 0.2) is 90.1 Å². The van der Waals surface area contributed by atoms with E-state index in [9.17, 15) is 4.57 Å². The lowest BCUT2D eigenvalue weighted by Crippen LogP contribution is -2.27. The van der Waals surface area contributed by atoms with Crippen molar-refractivity contribution in [2.75, 3.05) is 0 Å².